The molecule has 31 heavy (non-hydrogen) atoms. The molecule has 6 nitrogen and oxygen atoms in total. The lowest BCUT2D eigenvalue weighted by molar-refractivity contribution is -0.136. The lowest BCUT2D eigenvalue weighted by Crippen LogP contribution is -2.32. The van der Waals surface area contributed by atoms with Crippen LogP contribution in [0.25, 0.3) is 5.57 Å². The second-order valence-electron chi connectivity index (χ2n) is 7.32. The second kappa shape index (κ2) is 10.2. The molecule has 0 aliphatic carbocycles. The van der Waals surface area contributed by atoms with Crippen molar-refractivity contribution in [1.82, 2.24) is 4.90 Å². The summed E-state index contributed by atoms with van der Waals surface area (Å²) in [5, 5.41) is 3.20. The summed E-state index contributed by atoms with van der Waals surface area (Å²) in [6.45, 7) is 10.9. The molecule has 0 spiro atoms. The summed E-state index contributed by atoms with van der Waals surface area (Å²) in [6, 6.07) is 15.2. The molecule has 0 saturated heterocycles. The van der Waals surface area contributed by atoms with Crippen molar-refractivity contribution in [2.75, 3.05) is 36.5 Å². The van der Waals surface area contributed by atoms with Crippen LogP contribution in [0.5, 0.6) is 5.75 Å². The van der Waals surface area contributed by atoms with Crippen molar-refractivity contribution in [3.05, 3.63) is 59.8 Å². The van der Waals surface area contributed by atoms with Gasteiger partial charge in [-0.1, -0.05) is 19.1 Å². The van der Waals surface area contributed by atoms with Gasteiger partial charge in [0, 0.05) is 31.0 Å². The first-order valence-corrected chi connectivity index (χ1v) is 11.0. The molecule has 1 aliphatic rings. The number of nitrogens with zero attached hydrogens (tertiary/aromatic N) is 2. The Labute approximate surface area is 184 Å². The average Bonchev–Trinajstić information content (AvgIpc) is 3.03. The minimum absolute atomic E-state index is 0.281. The van der Waals surface area contributed by atoms with E-state index in [1.54, 1.807) is 6.92 Å². The van der Waals surface area contributed by atoms with Gasteiger partial charge in [-0.15, -0.1) is 0 Å². The van der Waals surface area contributed by atoms with E-state index in [4.69, 9.17) is 4.74 Å². The third kappa shape index (κ3) is 4.74. The Hall–Kier alpha value is -3.28. The van der Waals surface area contributed by atoms with Crippen molar-refractivity contribution in [2.24, 2.45) is 0 Å². The molecule has 6 heteroatoms. The van der Waals surface area contributed by atoms with Crippen LogP contribution in [0.2, 0.25) is 0 Å². The van der Waals surface area contributed by atoms with Crippen LogP contribution in [0, 0.1) is 0 Å². The third-order valence-electron chi connectivity index (χ3n) is 5.37. The SMILES string of the molecule is CCCOc1ccc(C2=C(Nc3ccc(N(CC)CC)cc3)C(=O)N(CC)C2=O)cc1. The lowest BCUT2D eigenvalue weighted by atomic mass is 10.0. The molecular weight excluding hydrogens is 390 g/mol. The fourth-order valence-corrected chi connectivity index (χ4v) is 3.67. The number of anilines is 2. The molecule has 1 aliphatic heterocycles. The summed E-state index contributed by atoms with van der Waals surface area (Å²) in [6.07, 6.45) is 0.923. The maximum absolute atomic E-state index is 13.0. The number of likely N-dealkylation sites (N-methyl/N-ethyl adjacent to an activating group) is 1. The van der Waals surface area contributed by atoms with Gasteiger partial charge in [-0.2, -0.15) is 0 Å². The smallest absolute Gasteiger partial charge is 0.278 e. The highest BCUT2D eigenvalue weighted by molar-refractivity contribution is 6.36. The summed E-state index contributed by atoms with van der Waals surface area (Å²) in [7, 11) is 0. The largest absolute Gasteiger partial charge is 0.494 e. The van der Waals surface area contributed by atoms with E-state index in [0.717, 1.165) is 36.6 Å². The van der Waals surface area contributed by atoms with Gasteiger partial charge in [0.1, 0.15) is 11.4 Å². The summed E-state index contributed by atoms with van der Waals surface area (Å²) >= 11 is 0. The van der Waals surface area contributed by atoms with Crippen molar-refractivity contribution in [3.8, 4) is 5.75 Å². The van der Waals surface area contributed by atoms with Gasteiger partial charge >= 0.3 is 0 Å². The van der Waals surface area contributed by atoms with E-state index in [1.165, 1.54) is 4.90 Å². The van der Waals surface area contributed by atoms with Crippen LogP contribution in [-0.4, -0.2) is 43.0 Å². The fourth-order valence-electron chi connectivity index (χ4n) is 3.67. The molecule has 0 radical (unpaired) electrons. The number of carbonyl (C=O) groups excluding carboxylic acids is 2. The van der Waals surface area contributed by atoms with E-state index in [9.17, 15) is 9.59 Å². The Morgan fingerprint density at radius 2 is 1.52 bits per heavy atom. The van der Waals surface area contributed by atoms with Crippen LogP contribution in [0.15, 0.2) is 54.2 Å². The highest BCUT2D eigenvalue weighted by Gasteiger charge is 2.38. The number of nitrogens with one attached hydrogen (secondary N) is 1. The first-order valence-electron chi connectivity index (χ1n) is 11.0. The molecule has 1 heterocycles. The highest BCUT2D eigenvalue weighted by Crippen LogP contribution is 2.31. The molecule has 2 aromatic carbocycles. The molecule has 0 fully saturated rings. The zero-order chi connectivity index (χ0) is 22.4. The quantitative estimate of drug-likeness (QED) is 0.571. The molecule has 0 aromatic heterocycles. The lowest BCUT2D eigenvalue weighted by Gasteiger charge is -2.21. The number of benzene rings is 2. The van der Waals surface area contributed by atoms with Gasteiger partial charge in [-0.3, -0.25) is 14.5 Å². The Bertz CT molecular complexity index is 945. The Morgan fingerprint density at radius 3 is 2.06 bits per heavy atom. The molecular formula is C25H31N3O3. The van der Waals surface area contributed by atoms with Gasteiger partial charge < -0.3 is 15.0 Å². The van der Waals surface area contributed by atoms with Crippen molar-refractivity contribution in [1.29, 1.82) is 0 Å². The molecule has 2 amide bonds. The zero-order valence-corrected chi connectivity index (χ0v) is 18.8. The van der Waals surface area contributed by atoms with Crippen molar-refractivity contribution >= 4 is 28.8 Å². The van der Waals surface area contributed by atoms with E-state index in [2.05, 4.69) is 24.1 Å². The Balaban J connectivity index is 1.92. The number of hydrogen-bond acceptors (Lipinski definition) is 5. The average molecular weight is 422 g/mol. The van der Waals surface area contributed by atoms with Crippen LogP contribution in [0.3, 0.4) is 0 Å². The number of imide groups is 1. The number of amides is 2. The topological polar surface area (TPSA) is 61.9 Å². The Morgan fingerprint density at radius 1 is 0.871 bits per heavy atom. The first-order chi connectivity index (χ1) is 15.0. The Kier molecular flexibility index (Phi) is 7.34. The molecule has 0 atom stereocenters. The van der Waals surface area contributed by atoms with Gasteiger partial charge in [-0.05, 0) is 69.2 Å². The van der Waals surface area contributed by atoms with E-state index in [1.807, 2.05) is 55.5 Å². The molecule has 0 unspecified atom stereocenters. The molecule has 1 N–H and O–H groups in total. The van der Waals surface area contributed by atoms with Crippen molar-refractivity contribution < 1.29 is 14.3 Å². The maximum atomic E-state index is 13.0. The van der Waals surface area contributed by atoms with Crippen LogP contribution >= 0.6 is 0 Å². The fraction of sp³-hybridized carbons (Fsp3) is 0.360. The number of ether oxygens (including phenoxy) is 1. The molecule has 2 aromatic rings. The van der Waals surface area contributed by atoms with Crippen LogP contribution < -0.4 is 15.0 Å². The minimum atomic E-state index is -0.304. The standard InChI is InChI=1S/C25H31N3O3/c1-5-17-31-21-15-9-18(10-16-21)22-23(25(30)28(8-4)24(22)29)26-19-11-13-20(14-12-19)27(6-2)7-3/h9-16,26H,5-8,17H2,1-4H3. The van der Waals surface area contributed by atoms with Gasteiger partial charge in [0.05, 0.1) is 12.2 Å². The zero-order valence-electron chi connectivity index (χ0n) is 18.8. The molecule has 0 saturated carbocycles. The summed E-state index contributed by atoms with van der Waals surface area (Å²) in [5.74, 6) is 0.162. The van der Waals surface area contributed by atoms with Crippen LogP contribution in [0.4, 0.5) is 11.4 Å². The van der Waals surface area contributed by atoms with Gasteiger partial charge in [0.25, 0.3) is 11.8 Å². The van der Waals surface area contributed by atoms with Crippen molar-refractivity contribution in [2.45, 2.75) is 34.1 Å². The maximum Gasteiger partial charge on any atom is 0.278 e. The summed E-state index contributed by atoms with van der Waals surface area (Å²) in [4.78, 5) is 29.5. The predicted octanol–water partition coefficient (Wildman–Crippen LogP) is 4.53. The highest BCUT2D eigenvalue weighted by atomic mass is 16.5. The number of carbonyl (C=O) groups is 2. The first kappa shape index (κ1) is 22.4. The third-order valence-corrected chi connectivity index (χ3v) is 5.37. The monoisotopic (exact) mass is 421 g/mol. The van der Waals surface area contributed by atoms with Crippen LogP contribution in [-0.2, 0) is 9.59 Å². The molecule has 164 valence electrons. The summed E-state index contributed by atoms with van der Waals surface area (Å²) in [5.41, 5.74) is 3.29. The second-order valence-corrected chi connectivity index (χ2v) is 7.32. The normalized spacial score (nSPS) is 13.7. The predicted molar refractivity (Wildman–Crippen MR) is 125 cm³/mol. The van der Waals surface area contributed by atoms with Gasteiger partial charge in [-0.25, -0.2) is 0 Å². The number of rotatable bonds is 10. The van der Waals surface area contributed by atoms with E-state index in [0.29, 0.717) is 30.0 Å². The number of hydrogen-bond donors (Lipinski definition) is 1. The minimum Gasteiger partial charge on any atom is -0.494 e. The molecule has 3 rings (SSSR count). The van der Waals surface area contributed by atoms with Crippen molar-refractivity contribution in [3.63, 3.8) is 0 Å². The summed E-state index contributed by atoms with van der Waals surface area (Å²) < 4.78 is 5.64. The van der Waals surface area contributed by atoms with E-state index in [-0.39, 0.29) is 11.8 Å². The van der Waals surface area contributed by atoms with E-state index < -0.39 is 0 Å². The van der Waals surface area contributed by atoms with Gasteiger partial charge in [0.15, 0.2) is 0 Å². The van der Waals surface area contributed by atoms with Crippen LogP contribution in [0.1, 0.15) is 39.7 Å². The van der Waals surface area contributed by atoms with Gasteiger partial charge in [0.2, 0.25) is 0 Å². The van der Waals surface area contributed by atoms with E-state index >= 15 is 0 Å². The molecule has 0 bridgehead atoms.